The number of hydrogen-bond acceptors (Lipinski definition) is 4. The van der Waals surface area contributed by atoms with Crippen LogP contribution >= 0.6 is 0 Å². The fourth-order valence-electron chi connectivity index (χ4n) is 2.71. The molecule has 126 valence electrons. The largest absolute Gasteiger partial charge is 0.479 e. The van der Waals surface area contributed by atoms with Gasteiger partial charge in [0.05, 0.1) is 0 Å². The zero-order valence-electron chi connectivity index (χ0n) is 13.5. The Labute approximate surface area is 131 Å². The molecule has 1 saturated heterocycles. The van der Waals surface area contributed by atoms with Gasteiger partial charge < -0.3 is 14.7 Å². The minimum Gasteiger partial charge on any atom is -0.479 e. The van der Waals surface area contributed by atoms with Crippen LogP contribution in [0, 0.1) is 0 Å². The molecule has 0 bridgehead atoms. The van der Waals surface area contributed by atoms with Crippen LogP contribution < -0.4 is 0 Å². The fraction of sp³-hybridized carbons (Fsp3) is 0.812. The summed E-state index contributed by atoms with van der Waals surface area (Å²) >= 11 is 0. The molecule has 0 aliphatic carbocycles. The van der Waals surface area contributed by atoms with Crippen molar-refractivity contribution >= 4 is 17.8 Å². The molecule has 6 nitrogen and oxygen atoms in total. The molecule has 1 amide bonds. The van der Waals surface area contributed by atoms with Crippen LogP contribution in [0.2, 0.25) is 0 Å². The average Bonchev–Trinajstić information content (AvgIpc) is 2.84. The molecule has 1 heterocycles. The monoisotopic (exact) mass is 313 g/mol. The number of aliphatic carboxylic acids is 1. The van der Waals surface area contributed by atoms with Gasteiger partial charge in [-0.25, -0.2) is 9.59 Å². The number of carbonyl (C=O) groups excluding carboxylic acids is 2. The highest BCUT2D eigenvalue weighted by atomic mass is 16.6. The van der Waals surface area contributed by atoms with Gasteiger partial charge in [-0.3, -0.25) is 4.79 Å². The summed E-state index contributed by atoms with van der Waals surface area (Å²) in [6.07, 6.45) is 4.49. The molecule has 0 radical (unpaired) electrons. The van der Waals surface area contributed by atoms with Crippen molar-refractivity contribution in [1.29, 1.82) is 0 Å². The summed E-state index contributed by atoms with van der Waals surface area (Å²) in [5.41, 5.74) is 0. The maximum Gasteiger partial charge on any atom is 0.345 e. The van der Waals surface area contributed by atoms with Crippen molar-refractivity contribution in [2.24, 2.45) is 0 Å². The van der Waals surface area contributed by atoms with Crippen molar-refractivity contribution in [3.8, 4) is 0 Å². The number of carboxylic acids is 1. The van der Waals surface area contributed by atoms with E-state index >= 15 is 0 Å². The molecule has 0 spiro atoms. The summed E-state index contributed by atoms with van der Waals surface area (Å²) in [6.45, 7) is 4.52. The molecule has 1 N–H and O–H groups in total. The lowest BCUT2D eigenvalue weighted by atomic mass is 10.1. The first kappa shape index (κ1) is 18.5. The van der Waals surface area contributed by atoms with Crippen LogP contribution in [0.15, 0.2) is 0 Å². The number of rotatable bonds is 10. The Hall–Kier alpha value is -1.59. The number of carbonyl (C=O) groups is 3. The zero-order chi connectivity index (χ0) is 16.5. The zero-order valence-corrected chi connectivity index (χ0v) is 13.5. The van der Waals surface area contributed by atoms with E-state index in [-0.39, 0.29) is 5.91 Å². The molecule has 0 aromatic heterocycles. The molecule has 1 unspecified atom stereocenters. The lowest BCUT2D eigenvalue weighted by Gasteiger charge is -2.24. The highest BCUT2D eigenvalue weighted by molar-refractivity contribution is 5.89. The maximum absolute atomic E-state index is 12.2. The van der Waals surface area contributed by atoms with Gasteiger partial charge in [0.1, 0.15) is 6.04 Å². The average molecular weight is 313 g/mol. The lowest BCUT2D eigenvalue weighted by Crippen LogP contribution is -2.42. The van der Waals surface area contributed by atoms with Crippen molar-refractivity contribution in [1.82, 2.24) is 4.90 Å². The first-order valence-electron chi connectivity index (χ1n) is 8.24. The number of amides is 1. The second-order valence-corrected chi connectivity index (χ2v) is 5.75. The SMILES string of the molecule is CCCCCCC(OC(=O)[C@@H]1CCC(=O)N1CCC)C(=O)O. The molecule has 1 fully saturated rings. The summed E-state index contributed by atoms with van der Waals surface area (Å²) in [5.74, 6) is -1.75. The second kappa shape index (κ2) is 9.43. The van der Waals surface area contributed by atoms with Gasteiger partial charge in [0, 0.05) is 13.0 Å². The molecule has 0 saturated carbocycles. The van der Waals surface area contributed by atoms with Gasteiger partial charge in [0.2, 0.25) is 5.91 Å². The molecule has 6 heteroatoms. The normalized spacial score (nSPS) is 19.3. The van der Waals surface area contributed by atoms with Crippen LogP contribution in [0.25, 0.3) is 0 Å². The minimum absolute atomic E-state index is 0.0568. The van der Waals surface area contributed by atoms with Crippen molar-refractivity contribution in [3.63, 3.8) is 0 Å². The Kier molecular flexibility index (Phi) is 7.91. The Bertz CT molecular complexity index is 396. The molecular formula is C16H27NO5. The number of unbranched alkanes of at least 4 members (excludes halogenated alkanes) is 3. The van der Waals surface area contributed by atoms with Crippen molar-refractivity contribution in [2.75, 3.05) is 6.54 Å². The van der Waals surface area contributed by atoms with Crippen LogP contribution in [0.4, 0.5) is 0 Å². The third kappa shape index (κ3) is 5.31. The van der Waals surface area contributed by atoms with E-state index in [9.17, 15) is 19.5 Å². The Morgan fingerprint density at radius 3 is 2.59 bits per heavy atom. The van der Waals surface area contributed by atoms with Gasteiger partial charge in [-0.15, -0.1) is 0 Å². The van der Waals surface area contributed by atoms with Crippen LogP contribution in [0.5, 0.6) is 0 Å². The van der Waals surface area contributed by atoms with Crippen LogP contribution in [0.1, 0.15) is 65.2 Å². The minimum atomic E-state index is -1.11. The molecule has 1 aliphatic heterocycles. The number of esters is 1. The first-order valence-corrected chi connectivity index (χ1v) is 8.24. The topological polar surface area (TPSA) is 83.9 Å². The van der Waals surface area contributed by atoms with E-state index in [1.807, 2.05) is 6.92 Å². The summed E-state index contributed by atoms with van der Waals surface area (Å²) in [5, 5.41) is 9.18. The fourth-order valence-corrected chi connectivity index (χ4v) is 2.71. The molecule has 0 aromatic carbocycles. The predicted molar refractivity (Wildman–Crippen MR) is 81.3 cm³/mol. The first-order chi connectivity index (χ1) is 10.5. The van der Waals surface area contributed by atoms with E-state index in [4.69, 9.17) is 4.74 Å². The summed E-state index contributed by atoms with van der Waals surface area (Å²) in [6, 6.07) is -0.620. The molecule has 0 aromatic rings. The van der Waals surface area contributed by atoms with Gasteiger partial charge in [-0.05, 0) is 25.7 Å². The van der Waals surface area contributed by atoms with Crippen LogP contribution in [0.3, 0.4) is 0 Å². The molecule has 1 aliphatic rings. The van der Waals surface area contributed by atoms with E-state index in [1.165, 1.54) is 4.90 Å². The standard InChI is InChI=1S/C16H27NO5/c1-3-5-6-7-8-13(15(19)20)22-16(21)12-9-10-14(18)17(12)11-4-2/h12-13H,3-11H2,1-2H3,(H,19,20)/t12-,13?/m0/s1. The predicted octanol–water partition coefficient (Wildman–Crippen LogP) is 2.35. The highest BCUT2D eigenvalue weighted by Gasteiger charge is 2.38. The Morgan fingerprint density at radius 1 is 1.27 bits per heavy atom. The van der Waals surface area contributed by atoms with E-state index < -0.39 is 24.1 Å². The number of nitrogens with zero attached hydrogens (tertiary/aromatic N) is 1. The van der Waals surface area contributed by atoms with E-state index in [0.717, 1.165) is 32.1 Å². The van der Waals surface area contributed by atoms with E-state index in [0.29, 0.717) is 25.8 Å². The number of likely N-dealkylation sites (tertiary alicyclic amines) is 1. The summed E-state index contributed by atoms with van der Waals surface area (Å²) in [7, 11) is 0. The Morgan fingerprint density at radius 2 is 2.00 bits per heavy atom. The molecule has 2 atom stereocenters. The maximum atomic E-state index is 12.2. The van der Waals surface area contributed by atoms with Crippen molar-refractivity contribution in [2.45, 2.75) is 77.4 Å². The number of ether oxygens (including phenoxy) is 1. The second-order valence-electron chi connectivity index (χ2n) is 5.75. The quantitative estimate of drug-likeness (QED) is 0.494. The van der Waals surface area contributed by atoms with Gasteiger partial charge in [-0.1, -0.05) is 33.1 Å². The van der Waals surface area contributed by atoms with Gasteiger partial charge in [-0.2, -0.15) is 0 Å². The number of hydrogen-bond donors (Lipinski definition) is 1. The van der Waals surface area contributed by atoms with Gasteiger partial charge >= 0.3 is 11.9 Å². The lowest BCUT2D eigenvalue weighted by molar-refractivity contribution is -0.168. The van der Waals surface area contributed by atoms with E-state index in [1.54, 1.807) is 0 Å². The summed E-state index contributed by atoms with van der Waals surface area (Å²) in [4.78, 5) is 36.7. The van der Waals surface area contributed by atoms with Crippen molar-refractivity contribution < 1.29 is 24.2 Å². The third-order valence-corrected chi connectivity index (χ3v) is 3.92. The molecule has 22 heavy (non-hydrogen) atoms. The smallest absolute Gasteiger partial charge is 0.345 e. The van der Waals surface area contributed by atoms with Gasteiger partial charge in [0.25, 0.3) is 0 Å². The van der Waals surface area contributed by atoms with Gasteiger partial charge in [0.15, 0.2) is 6.10 Å². The van der Waals surface area contributed by atoms with E-state index in [2.05, 4.69) is 6.92 Å². The number of carboxylic acid groups (broad SMARTS) is 1. The van der Waals surface area contributed by atoms with Crippen molar-refractivity contribution in [3.05, 3.63) is 0 Å². The van der Waals surface area contributed by atoms with Crippen LogP contribution in [-0.4, -0.2) is 46.5 Å². The molecular weight excluding hydrogens is 286 g/mol. The van der Waals surface area contributed by atoms with Crippen LogP contribution in [-0.2, 0) is 19.1 Å². The Balaban J connectivity index is 2.55. The highest BCUT2D eigenvalue weighted by Crippen LogP contribution is 2.21. The molecule has 1 rings (SSSR count). The summed E-state index contributed by atoms with van der Waals surface area (Å²) < 4.78 is 5.17. The third-order valence-electron chi connectivity index (χ3n) is 3.92.